The third-order valence-electron chi connectivity index (χ3n) is 2.81. The van der Waals surface area contributed by atoms with Gasteiger partial charge in [-0.3, -0.25) is 9.59 Å². The molecular formula is C13H25N3O2. The van der Waals surface area contributed by atoms with E-state index >= 15 is 0 Å². The predicted molar refractivity (Wildman–Crippen MR) is 71.2 cm³/mol. The van der Waals surface area contributed by atoms with E-state index in [0.29, 0.717) is 0 Å². The van der Waals surface area contributed by atoms with Crippen LogP contribution in [0, 0.1) is 0 Å². The minimum atomic E-state index is -0.262. The zero-order valence-corrected chi connectivity index (χ0v) is 11.6. The Morgan fingerprint density at radius 1 is 1.22 bits per heavy atom. The summed E-state index contributed by atoms with van der Waals surface area (Å²) in [5.74, 6) is -0.217. The molecule has 2 amide bonds. The first-order chi connectivity index (χ1) is 8.38. The average Bonchev–Trinajstić information content (AvgIpc) is 2.52. The van der Waals surface area contributed by atoms with Crippen molar-refractivity contribution in [3.05, 3.63) is 0 Å². The topological polar surface area (TPSA) is 70.2 Å². The highest BCUT2D eigenvalue weighted by Crippen LogP contribution is 2.08. The lowest BCUT2D eigenvalue weighted by Crippen LogP contribution is -2.49. The van der Waals surface area contributed by atoms with Gasteiger partial charge in [-0.15, -0.1) is 0 Å². The zero-order chi connectivity index (χ0) is 13.6. The van der Waals surface area contributed by atoms with Crippen molar-refractivity contribution < 1.29 is 9.59 Å². The van der Waals surface area contributed by atoms with E-state index in [-0.39, 0.29) is 29.9 Å². The first-order valence-corrected chi connectivity index (χ1v) is 6.70. The molecule has 0 aromatic rings. The fourth-order valence-electron chi connectivity index (χ4n) is 2.01. The van der Waals surface area contributed by atoms with Crippen molar-refractivity contribution in [1.29, 1.82) is 0 Å². The molecule has 5 nitrogen and oxygen atoms in total. The molecule has 0 aromatic carbocycles. The van der Waals surface area contributed by atoms with Crippen LogP contribution in [0.15, 0.2) is 0 Å². The summed E-state index contributed by atoms with van der Waals surface area (Å²) in [6.45, 7) is 6.68. The Kier molecular flexibility index (Phi) is 5.59. The molecule has 0 aliphatic carbocycles. The average molecular weight is 255 g/mol. The maximum absolute atomic E-state index is 11.9. The number of carbonyl (C=O) groups is 2. The zero-order valence-electron chi connectivity index (χ0n) is 11.6. The van der Waals surface area contributed by atoms with Crippen molar-refractivity contribution in [1.82, 2.24) is 16.0 Å². The maximum Gasteiger partial charge on any atom is 0.239 e. The van der Waals surface area contributed by atoms with Crippen LogP contribution in [0.25, 0.3) is 0 Å². The van der Waals surface area contributed by atoms with E-state index in [9.17, 15) is 9.59 Å². The highest BCUT2D eigenvalue weighted by Gasteiger charge is 2.20. The second kappa shape index (κ2) is 6.73. The fraction of sp³-hybridized carbons (Fsp3) is 0.846. The molecule has 0 saturated carbocycles. The Bertz CT molecular complexity index is 289. The largest absolute Gasteiger partial charge is 0.350 e. The van der Waals surface area contributed by atoms with Gasteiger partial charge in [-0.2, -0.15) is 0 Å². The van der Waals surface area contributed by atoms with Crippen LogP contribution in [0.3, 0.4) is 0 Å². The van der Waals surface area contributed by atoms with Gasteiger partial charge in [0, 0.05) is 5.54 Å². The van der Waals surface area contributed by atoms with E-state index in [1.165, 1.54) is 6.42 Å². The van der Waals surface area contributed by atoms with Crippen LogP contribution in [0.5, 0.6) is 0 Å². The summed E-state index contributed by atoms with van der Waals surface area (Å²) >= 11 is 0. The van der Waals surface area contributed by atoms with Crippen molar-refractivity contribution >= 4 is 11.8 Å². The van der Waals surface area contributed by atoms with Crippen molar-refractivity contribution in [2.75, 3.05) is 13.1 Å². The molecule has 1 aliphatic rings. The van der Waals surface area contributed by atoms with Gasteiger partial charge >= 0.3 is 0 Å². The molecule has 0 aromatic heterocycles. The number of nitrogens with one attached hydrogen (secondary N) is 3. The first kappa shape index (κ1) is 15.0. The maximum atomic E-state index is 11.9. The van der Waals surface area contributed by atoms with E-state index in [0.717, 1.165) is 25.8 Å². The summed E-state index contributed by atoms with van der Waals surface area (Å²) in [7, 11) is 0. The lowest BCUT2D eigenvalue weighted by atomic mass is 10.1. The molecule has 1 rings (SSSR count). The van der Waals surface area contributed by atoms with E-state index in [4.69, 9.17) is 0 Å². The predicted octanol–water partition coefficient (Wildman–Crippen LogP) is 0.550. The second-order valence-corrected chi connectivity index (χ2v) is 5.87. The Morgan fingerprint density at radius 2 is 1.94 bits per heavy atom. The highest BCUT2D eigenvalue weighted by molar-refractivity contribution is 5.87. The lowest BCUT2D eigenvalue weighted by molar-refractivity contribution is -0.128. The molecule has 1 atom stereocenters. The molecule has 5 heteroatoms. The van der Waals surface area contributed by atoms with E-state index in [1.807, 2.05) is 20.8 Å². The van der Waals surface area contributed by atoms with Crippen LogP contribution >= 0.6 is 0 Å². The highest BCUT2D eigenvalue weighted by atomic mass is 16.2. The van der Waals surface area contributed by atoms with E-state index in [1.54, 1.807) is 0 Å². The lowest BCUT2D eigenvalue weighted by Gasteiger charge is -2.21. The molecule has 1 saturated heterocycles. The number of hydrogen-bond donors (Lipinski definition) is 3. The molecular weight excluding hydrogens is 230 g/mol. The first-order valence-electron chi connectivity index (χ1n) is 6.70. The number of rotatable bonds is 3. The molecule has 0 bridgehead atoms. The van der Waals surface area contributed by atoms with Gasteiger partial charge in [0.25, 0.3) is 0 Å². The van der Waals surface area contributed by atoms with Gasteiger partial charge in [0.15, 0.2) is 0 Å². The van der Waals surface area contributed by atoms with Gasteiger partial charge in [0.2, 0.25) is 11.8 Å². The Hall–Kier alpha value is -1.10. The van der Waals surface area contributed by atoms with Crippen LogP contribution < -0.4 is 16.0 Å². The van der Waals surface area contributed by atoms with Gasteiger partial charge in [0.05, 0.1) is 12.6 Å². The summed E-state index contributed by atoms with van der Waals surface area (Å²) in [6.07, 6.45) is 4.21. The smallest absolute Gasteiger partial charge is 0.239 e. The van der Waals surface area contributed by atoms with Gasteiger partial charge in [-0.25, -0.2) is 0 Å². The summed E-state index contributed by atoms with van der Waals surface area (Å²) in [5.41, 5.74) is -0.262. The minimum Gasteiger partial charge on any atom is -0.350 e. The van der Waals surface area contributed by atoms with Gasteiger partial charge < -0.3 is 16.0 Å². The standard InChI is InChI=1S/C13H25N3O2/c1-13(2,3)16-11(17)9-15-12(18)10-7-5-4-6-8-14-10/h10,14H,4-9H2,1-3H3,(H,15,18)(H,16,17). The van der Waals surface area contributed by atoms with Crippen molar-refractivity contribution in [3.8, 4) is 0 Å². The summed E-state index contributed by atoms with van der Waals surface area (Å²) in [6, 6.07) is -0.144. The minimum absolute atomic E-state index is 0.0499. The molecule has 1 unspecified atom stereocenters. The van der Waals surface area contributed by atoms with E-state index in [2.05, 4.69) is 16.0 Å². The molecule has 3 N–H and O–H groups in total. The summed E-state index contributed by atoms with van der Waals surface area (Å²) in [4.78, 5) is 23.4. The molecule has 104 valence electrons. The van der Waals surface area contributed by atoms with E-state index < -0.39 is 0 Å². The monoisotopic (exact) mass is 255 g/mol. The van der Waals surface area contributed by atoms with Crippen LogP contribution in [0.1, 0.15) is 46.5 Å². The molecule has 1 fully saturated rings. The van der Waals surface area contributed by atoms with Crippen LogP contribution in [-0.2, 0) is 9.59 Å². The molecule has 1 heterocycles. The van der Waals surface area contributed by atoms with Crippen molar-refractivity contribution in [2.45, 2.75) is 58.0 Å². The van der Waals surface area contributed by atoms with Gasteiger partial charge in [0.1, 0.15) is 0 Å². The third kappa shape index (κ3) is 6.00. The fourth-order valence-corrected chi connectivity index (χ4v) is 2.01. The second-order valence-electron chi connectivity index (χ2n) is 5.87. The summed E-state index contributed by atoms with van der Waals surface area (Å²) in [5, 5.41) is 8.71. The Labute approximate surface area is 109 Å². The van der Waals surface area contributed by atoms with Crippen LogP contribution in [0.4, 0.5) is 0 Å². The molecule has 1 aliphatic heterocycles. The van der Waals surface area contributed by atoms with Gasteiger partial charge in [-0.05, 0) is 40.2 Å². The summed E-state index contributed by atoms with van der Waals surface area (Å²) < 4.78 is 0. The van der Waals surface area contributed by atoms with Crippen LogP contribution in [-0.4, -0.2) is 36.5 Å². The SMILES string of the molecule is CC(C)(C)NC(=O)CNC(=O)C1CCCCCN1. The quantitative estimate of drug-likeness (QED) is 0.690. The Balaban J connectivity index is 2.29. The van der Waals surface area contributed by atoms with Gasteiger partial charge in [-0.1, -0.05) is 12.8 Å². The Morgan fingerprint density at radius 3 is 2.61 bits per heavy atom. The number of hydrogen-bond acceptors (Lipinski definition) is 3. The normalized spacial score (nSPS) is 20.9. The third-order valence-corrected chi connectivity index (χ3v) is 2.81. The molecule has 0 radical (unpaired) electrons. The van der Waals surface area contributed by atoms with Crippen molar-refractivity contribution in [3.63, 3.8) is 0 Å². The van der Waals surface area contributed by atoms with Crippen LogP contribution in [0.2, 0.25) is 0 Å². The van der Waals surface area contributed by atoms with Crippen molar-refractivity contribution in [2.24, 2.45) is 0 Å². The number of amides is 2. The number of carbonyl (C=O) groups excluding carboxylic acids is 2. The molecule has 0 spiro atoms. The molecule has 18 heavy (non-hydrogen) atoms.